The zero-order valence-electron chi connectivity index (χ0n) is 9.69. The van der Waals surface area contributed by atoms with Gasteiger partial charge in [-0.3, -0.25) is 5.32 Å². The van der Waals surface area contributed by atoms with Crippen LogP contribution in [0, 0.1) is 12.3 Å². The van der Waals surface area contributed by atoms with Gasteiger partial charge in [0, 0.05) is 6.04 Å². The van der Waals surface area contributed by atoms with E-state index in [0.717, 1.165) is 12.8 Å². The lowest BCUT2D eigenvalue weighted by Gasteiger charge is -2.20. The second kappa shape index (κ2) is 7.05. The van der Waals surface area contributed by atoms with E-state index in [2.05, 4.69) is 23.4 Å². The lowest BCUT2D eigenvalue weighted by atomic mass is 10.1. The summed E-state index contributed by atoms with van der Waals surface area (Å²) in [6.07, 6.45) is 7.06. The minimum Gasteiger partial charge on any atom is -0.395 e. The van der Waals surface area contributed by atoms with Crippen molar-refractivity contribution in [3.05, 3.63) is 35.9 Å². The normalized spacial score (nSPS) is 14.1. The van der Waals surface area contributed by atoms with E-state index in [9.17, 15) is 5.11 Å². The van der Waals surface area contributed by atoms with Crippen molar-refractivity contribution in [2.75, 3.05) is 6.61 Å². The summed E-state index contributed by atoms with van der Waals surface area (Å²) in [4.78, 5) is 0. The fourth-order valence-electron chi connectivity index (χ4n) is 1.64. The topological polar surface area (TPSA) is 32.3 Å². The molecule has 2 heteroatoms. The zero-order chi connectivity index (χ0) is 11.8. The Bertz CT molecular complexity index is 328. The molecule has 16 heavy (non-hydrogen) atoms. The van der Waals surface area contributed by atoms with Gasteiger partial charge in [0.25, 0.3) is 0 Å². The molecule has 0 radical (unpaired) electrons. The van der Waals surface area contributed by atoms with Gasteiger partial charge >= 0.3 is 0 Å². The highest BCUT2D eigenvalue weighted by atomic mass is 16.3. The highest BCUT2D eigenvalue weighted by Gasteiger charge is 2.11. The molecule has 0 bridgehead atoms. The van der Waals surface area contributed by atoms with E-state index in [4.69, 9.17) is 6.42 Å². The van der Waals surface area contributed by atoms with Crippen LogP contribution in [-0.4, -0.2) is 23.8 Å². The second-order valence-electron chi connectivity index (χ2n) is 3.86. The van der Waals surface area contributed by atoms with Crippen molar-refractivity contribution in [3.63, 3.8) is 0 Å². The molecule has 1 aromatic carbocycles. The molecule has 1 aromatic rings. The first-order valence-electron chi connectivity index (χ1n) is 5.67. The summed E-state index contributed by atoms with van der Waals surface area (Å²) in [6, 6.07) is 10.2. The van der Waals surface area contributed by atoms with Crippen LogP contribution in [0.4, 0.5) is 0 Å². The quantitative estimate of drug-likeness (QED) is 0.709. The summed E-state index contributed by atoms with van der Waals surface area (Å²) in [7, 11) is 0. The molecule has 0 aliphatic heterocycles. The van der Waals surface area contributed by atoms with Crippen molar-refractivity contribution in [3.8, 4) is 12.3 Å². The molecule has 2 unspecified atom stereocenters. The highest BCUT2D eigenvalue weighted by Crippen LogP contribution is 2.04. The number of aliphatic hydroxyl groups is 1. The lowest BCUT2D eigenvalue weighted by Crippen LogP contribution is -2.41. The van der Waals surface area contributed by atoms with Gasteiger partial charge in [-0.2, -0.15) is 0 Å². The van der Waals surface area contributed by atoms with E-state index in [-0.39, 0.29) is 18.7 Å². The van der Waals surface area contributed by atoms with Crippen LogP contribution < -0.4 is 5.32 Å². The molecule has 1 rings (SSSR count). The Hall–Kier alpha value is -1.30. The Morgan fingerprint density at radius 1 is 1.38 bits per heavy atom. The van der Waals surface area contributed by atoms with Crippen molar-refractivity contribution in [2.45, 2.75) is 31.8 Å². The summed E-state index contributed by atoms with van der Waals surface area (Å²) < 4.78 is 0. The van der Waals surface area contributed by atoms with Gasteiger partial charge in [-0.25, -0.2) is 0 Å². The summed E-state index contributed by atoms with van der Waals surface area (Å²) in [5.74, 6) is 2.68. The smallest absolute Gasteiger partial charge is 0.0687 e. The number of terminal acetylenes is 1. The van der Waals surface area contributed by atoms with Gasteiger partial charge in [0.2, 0.25) is 0 Å². The monoisotopic (exact) mass is 217 g/mol. The maximum absolute atomic E-state index is 9.30. The number of hydrogen-bond acceptors (Lipinski definition) is 2. The van der Waals surface area contributed by atoms with Crippen molar-refractivity contribution < 1.29 is 5.11 Å². The van der Waals surface area contributed by atoms with Crippen LogP contribution in [0.2, 0.25) is 0 Å². The third kappa shape index (κ3) is 4.06. The molecular weight excluding hydrogens is 198 g/mol. The largest absolute Gasteiger partial charge is 0.395 e. The molecule has 0 heterocycles. The predicted molar refractivity (Wildman–Crippen MR) is 67.1 cm³/mol. The average Bonchev–Trinajstić information content (AvgIpc) is 2.35. The first-order valence-corrected chi connectivity index (χ1v) is 5.67. The van der Waals surface area contributed by atoms with Gasteiger partial charge in [-0.15, -0.1) is 6.42 Å². The second-order valence-corrected chi connectivity index (χ2v) is 3.86. The van der Waals surface area contributed by atoms with Gasteiger partial charge in [0.15, 0.2) is 0 Å². The average molecular weight is 217 g/mol. The number of hydrogen-bond donors (Lipinski definition) is 2. The summed E-state index contributed by atoms with van der Waals surface area (Å²) in [5, 5.41) is 12.6. The molecule has 0 aromatic heterocycles. The number of benzene rings is 1. The molecule has 0 aliphatic rings. The number of nitrogens with one attached hydrogen (secondary N) is 1. The molecule has 0 saturated heterocycles. The van der Waals surface area contributed by atoms with Crippen LogP contribution in [0.3, 0.4) is 0 Å². The Labute approximate surface area is 97.7 Å². The SMILES string of the molecule is C#CC(CC)NC(CO)Cc1ccccc1. The van der Waals surface area contributed by atoms with Crippen molar-refractivity contribution in [2.24, 2.45) is 0 Å². The zero-order valence-corrected chi connectivity index (χ0v) is 9.69. The molecular formula is C14H19NO. The maximum Gasteiger partial charge on any atom is 0.0687 e. The number of aliphatic hydroxyl groups excluding tert-OH is 1. The van der Waals surface area contributed by atoms with Crippen molar-refractivity contribution in [1.29, 1.82) is 0 Å². The Kier molecular flexibility index (Phi) is 5.63. The van der Waals surface area contributed by atoms with E-state index in [0.29, 0.717) is 0 Å². The van der Waals surface area contributed by atoms with Crippen LogP contribution in [0.15, 0.2) is 30.3 Å². The van der Waals surface area contributed by atoms with E-state index < -0.39 is 0 Å². The van der Waals surface area contributed by atoms with Gasteiger partial charge < -0.3 is 5.11 Å². The van der Waals surface area contributed by atoms with Crippen LogP contribution in [-0.2, 0) is 6.42 Å². The van der Waals surface area contributed by atoms with Crippen LogP contribution in [0.25, 0.3) is 0 Å². The highest BCUT2D eigenvalue weighted by molar-refractivity contribution is 5.16. The third-order valence-electron chi connectivity index (χ3n) is 2.59. The van der Waals surface area contributed by atoms with Gasteiger partial charge in [0.05, 0.1) is 12.6 Å². The minimum absolute atomic E-state index is 0.0309. The molecule has 0 amide bonds. The molecule has 2 N–H and O–H groups in total. The first-order chi connectivity index (χ1) is 7.80. The molecule has 2 atom stereocenters. The third-order valence-corrected chi connectivity index (χ3v) is 2.59. The van der Waals surface area contributed by atoms with Crippen LogP contribution in [0.1, 0.15) is 18.9 Å². The standard InChI is InChI=1S/C14H19NO/c1-3-13(4-2)15-14(11-16)10-12-8-6-5-7-9-12/h1,5-9,13-16H,4,10-11H2,2H3. The first kappa shape index (κ1) is 12.8. The lowest BCUT2D eigenvalue weighted by molar-refractivity contribution is 0.236. The predicted octanol–water partition coefficient (Wildman–Crippen LogP) is 1.59. The minimum atomic E-state index is 0.0309. The fraction of sp³-hybridized carbons (Fsp3) is 0.429. The van der Waals surface area contributed by atoms with Crippen molar-refractivity contribution >= 4 is 0 Å². The van der Waals surface area contributed by atoms with E-state index in [1.807, 2.05) is 25.1 Å². The molecule has 0 fully saturated rings. The van der Waals surface area contributed by atoms with Crippen LogP contribution in [0.5, 0.6) is 0 Å². The molecule has 86 valence electrons. The molecule has 0 aliphatic carbocycles. The number of rotatable bonds is 6. The Morgan fingerprint density at radius 3 is 2.56 bits per heavy atom. The van der Waals surface area contributed by atoms with Gasteiger partial charge in [0.1, 0.15) is 0 Å². The summed E-state index contributed by atoms with van der Waals surface area (Å²) >= 11 is 0. The Morgan fingerprint density at radius 2 is 2.06 bits per heavy atom. The van der Waals surface area contributed by atoms with Crippen molar-refractivity contribution in [1.82, 2.24) is 5.32 Å². The van der Waals surface area contributed by atoms with E-state index in [1.165, 1.54) is 5.56 Å². The van der Waals surface area contributed by atoms with E-state index in [1.54, 1.807) is 0 Å². The van der Waals surface area contributed by atoms with Gasteiger partial charge in [-0.1, -0.05) is 43.2 Å². The summed E-state index contributed by atoms with van der Waals surface area (Å²) in [5.41, 5.74) is 1.21. The maximum atomic E-state index is 9.30. The fourth-order valence-corrected chi connectivity index (χ4v) is 1.64. The van der Waals surface area contributed by atoms with Crippen LogP contribution >= 0.6 is 0 Å². The summed E-state index contributed by atoms with van der Waals surface area (Å²) in [6.45, 7) is 2.14. The molecule has 0 spiro atoms. The van der Waals surface area contributed by atoms with E-state index >= 15 is 0 Å². The molecule has 0 saturated carbocycles. The van der Waals surface area contributed by atoms with Gasteiger partial charge in [-0.05, 0) is 18.4 Å². The molecule has 2 nitrogen and oxygen atoms in total. The Balaban J connectivity index is 2.53.